The maximum Gasteiger partial charge on any atom is 0.0940 e. The van der Waals surface area contributed by atoms with E-state index in [-0.39, 0.29) is 0 Å². The van der Waals surface area contributed by atoms with Crippen LogP contribution in [0, 0.1) is 5.92 Å². The molecule has 2 rings (SSSR count). The van der Waals surface area contributed by atoms with Crippen LogP contribution in [0.2, 0.25) is 0 Å². The average molecular weight is 254 g/mol. The maximum absolute atomic E-state index is 5.60. The van der Waals surface area contributed by atoms with Gasteiger partial charge < -0.3 is 10.1 Å². The minimum absolute atomic E-state index is 0.530. The highest BCUT2D eigenvalue weighted by atomic mass is 32.1. The highest BCUT2D eigenvalue weighted by molar-refractivity contribution is 7.09. The van der Waals surface area contributed by atoms with Gasteiger partial charge in [0.05, 0.1) is 11.1 Å². The van der Waals surface area contributed by atoms with E-state index in [1.165, 1.54) is 24.3 Å². The van der Waals surface area contributed by atoms with Crippen LogP contribution in [-0.2, 0) is 11.2 Å². The number of ether oxygens (including phenoxy) is 1. The second kappa shape index (κ2) is 6.47. The first-order chi connectivity index (χ1) is 8.31. The van der Waals surface area contributed by atoms with E-state index in [1.807, 2.05) is 6.20 Å². The van der Waals surface area contributed by atoms with Gasteiger partial charge in [-0.2, -0.15) is 0 Å². The van der Waals surface area contributed by atoms with Gasteiger partial charge in [-0.25, -0.2) is 4.98 Å². The fourth-order valence-electron chi connectivity index (χ4n) is 2.51. The van der Waals surface area contributed by atoms with Gasteiger partial charge in [-0.3, -0.25) is 0 Å². The third-order valence-corrected chi connectivity index (χ3v) is 4.33. The zero-order chi connectivity index (χ0) is 12.1. The summed E-state index contributed by atoms with van der Waals surface area (Å²) in [5, 5.41) is 6.71. The van der Waals surface area contributed by atoms with Gasteiger partial charge in [0.15, 0.2) is 0 Å². The number of aromatic nitrogens is 1. The zero-order valence-electron chi connectivity index (χ0n) is 10.7. The monoisotopic (exact) mass is 254 g/mol. The van der Waals surface area contributed by atoms with Crippen molar-refractivity contribution in [2.75, 3.05) is 13.7 Å². The molecule has 1 atom stereocenters. The summed E-state index contributed by atoms with van der Waals surface area (Å²) >= 11 is 1.75. The van der Waals surface area contributed by atoms with Gasteiger partial charge >= 0.3 is 0 Å². The summed E-state index contributed by atoms with van der Waals surface area (Å²) in [5.74, 6) is 0.837. The van der Waals surface area contributed by atoms with Gasteiger partial charge in [0.1, 0.15) is 0 Å². The summed E-state index contributed by atoms with van der Waals surface area (Å²) in [6, 6.07) is 0.564. The van der Waals surface area contributed by atoms with E-state index in [0.29, 0.717) is 12.1 Å². The lowest BCUT2D eigenvalue weighted by atomic mass is 9.78. The number of hydrogen-bond acceptors (Lipinski definition) is 4. The molecule has 0 aliphatic heterocycles. The molecular weight excluding hydrogens is 232 g/mol. The quantitative estimate of drug-likeness (QED) is 0.811. The minimum Gasteiger partial charge on any atom is -0.378 e. The second-order valence-electron chi connectivity index (χ2n) is 4.77. The summed E-state index contributed by atoms with van der Waals surface area (Å²) in [7, 11) is 2.05. The minimum atomic E-state index is 0.530. The van der Waals surface area contributed by atoms with Crippen LogP contribution in [0.4, 0.5) is 0 Å². The number of nitrogens with zero attached hydrogens (tertiary/aromatic N) is 1. The summed E-state index contributed by atoms with van der Waals surface area (Å²) in [5.41, 5.74) is 0. The predicted molar refractivity (Wildman–Crippen MR) is 71.4 cm³/mol. The van der Waals surface area contributed by atoms with Crippen molar-refractivity contribution in [3.05, 3.63) is 16.6 Å². The van der Waals surface area contributed by atoms with Crippen molar-refractivity contribution in [1.29, 1.82) is 0 Å². The Bertz CT molecular complexity index is 309. The van der Waals surface area contributed by atoms with Gasteiger partial charge in [-0.15, -0.1) is 11.3 Å². The summed E-state index contributed by atoms with van der Waals surface area (Å²) in [4.78, 5) is 4.35. The van der Waals surface area contributed by atoms with Crippen molar-refractivity contribution in [2.24, 2.45) is 5.92 Å². The standard InChI is InChI=1S/C13H22N2OS/c1-3-16-12-7-10(8-12)6-11(14-2)9-13-15-4-5-17-13/h4-5,10-12,14H,3,6-9H2,1-2H3. The lowest BCUT2D eigenvalue weighted by Gasteiger charge is -2.36. The van der Waals surface area contributed by atoms with E-state index in [1.54, 1.807) is 11.3 Å². The molecule has 1 N–H and O–H groups in total. The van der Waals surface area contributed by atoms with Gasteiger partial charge in [0.25, 0.3) is 0 Å². The molecular formula is C13H22N2OS. The van der Waals surface area contributed by atoms with Crippen LogP contribution < -0.4 is 5.32 Å². The largest absolute Gasteiger partial charge is 0.378 e. The van der Waals surface area contributed by atoms with Crippen LogP contribution >= 0.6 is 11.3 Å². The molecule has 3 nitrogen and oxygen atoms in total. The molecule has 0 aromatic carbocycles. The fourth-order valence-corrected chi connectivity index (χ4v) is 3.21. The molecule has 1 heterocycles. The van der Waals surface area contributed by atoms with Crippen molar-refractivity contribution in [3.63, 3.8) is 0 Å². The second-order valence-corrected chi connectivity index (χ2v) is 5.75. The van der Waals surface area contributed by atoms with Crippen LogP contribution in [0.5, 0.6) is 0 Å². The number of rotatable bonds is 7. The summed E-state index contributed by atoms with van der Waals surface area (Å²) in [6.45, 7) is 2.93. The molecule has 96 valence electrons. The van der Waals surface area contributed by atoms with Crippen LogP contribution in [0.25, 0.3) is 0 Å². The average Bonchev–Trinajstić information content (AvgIpc) is 2.77. The normalized spacial score (nSPS) is 25.5. The maximum atomic E-state index is 5.60. The van der Waals surface area contributed by atoms with Gasteiger partial charge in [-0.1, -0.05) is 0 Å². The Hall–Kier alpha value is -0.450. The number of likely N-dealkylation sites (N-methyl/N-ethyl adjacent to an activating group) is 1. The van der Waals surface area contributed by atoms with Crippen molar-refractivity contribution in [2.45, 2.75) is 44.8 Å². The van der Waals surface area contributed by atoms with E-state index in [2.05, 4.69) is 29.7 Å². The molecule has 1 aromatic heterocycles. The van der Waals surface area contributed by atoms with E-state index in [0.717, 1.165) is 18.9 Å². The van der Waals surface area contributed by atoms with Crippen LogP contribution in [0.3, 0.4) is 0 Å². The Kier molecular flexibility index (Phi) is 4.95. The highest BCUT2D eigenvalue weighted by Gasteiger charge is 2.31. The van der Waals surface area contributed by atoms with Crippen LogP contribution in [0.15, 0.2) is 11.6 Å². The molecule has 1 aromatic rings. The van der Waals surface area contributed by atoms with E-state index in [9.17, 15) is 0 Å². The van der Waals surface area contributed by atoms with E-state index >= 15 is 0 Å². The predicted octanol–water partition coefficient (Wildman–Crippen LogP) is 2.48. The third kappa shape index (κ3) is 3.76. The molecule has 4 heteroatoms. The first kappa shape index (κ1) is 13.0. The third-order valence-electron chi connectivity index (χ3n) is 3.53. The number of hydrogen-bond donors (Lipinski definition) is 1. The summed E-state index contributed by atoms with van der Waals surface area (Å²) in [6.07, 6.45) is 7.21. The topological polar surface area (TPSA) is 34.1 Å². The number of thiazole rings is 1. The smallest absolute Gasteiger partial charge is 0.0940 e. The highest BCUT2D eigenvalue weighted by Crippen LogP contribution is 2.34. The van der Waals surface area contributed by atoms with Gasteiger partial charge in [0, 0.05) is 30.6 Å². The SMILES string of the molecule is CCOC1CC(CC(Cc2nccs2)NC)C1. The lowest BCUT2D eigenvalue weighted by molar-refractivity contribution is -0.0288. The molecule has 1 saturated carbocycles. The molecule has 0 bridgehead atoms. The molecule has 0 saturated heterocycles. The summed E-state index contributed by atoms with van der Waals surface area (Å²) < 4.78 is 5.60. The molecule has 17 heavy (non-hydrogen) atoms. The molecule has 1 aliphatic carbocycles. The Morgan fingerprint density at radius 2 is 2.41 bits per heavy atom. The van der Waals surface area contributed by atoms with Crippen LogP contribution in [-0.4, -0.2) is 30.8 Å². The van der Waals surface area contributed by atoms with Crippen molar-refractivity contribution >= 4 is 11.3 Å². The first-order valence-corrected chi connectivity index (χ1v) is 7.37. The zero-order valence-corrected chi connectivity index (χ0v) is 11.5. The lowest BCUT2D eigenvalue weighted by Crippen LogP contribution is -2.37. The molecule has 1 aliphatic rings. The Labute approximate surface area is 108 Å². The number of nitrogens with one attached hydrogen (secondary N) is 1. The van der Waals surface area contributed by atoms with Crippen molar-refractivity contribution < 1.29 is 4.74 Å². The first-order valence-electron chi connectivity index (χ1n) is 6.49. The molecule has 0 spiro atoms. The van der Waals surface area contributed by atoms with Gasteiger partial charge in [0.2, 0.25) is 0 Å². The molecule has 0 amide bonds. The fraction of sp³-hybridized carbons (Fsp3) is 0.769. The van der Waals surface area contributed by atoms with Gasteiger partial charge in [-0.05, 0) is 39.2 Å². The Morgan fingerprint density at radius 1 is 1.59 bits per heavy atom. The van der Waals surface area contributed by atoms with Crippen LogP contribution in [0.1, 0.15) is 31.2 Å². The van der Waals surface area contributed by atoms with Crippen molar-refractivity contribution in [1.82, 2.24) is 10.3 Å². The molecule has 0 radical (unpaired) electrons. The van der Waals surface area contributed by atoms with Crippen molar-refractivity contribution in [3.8, 4) is 0 Å². The van der Waals surface area contributed by atoms with E-state index in [4.69, 9.17) is 4.74 Å². The Balaban J connectivity index is 1.70. The molecule has 1 unspecified atom stereocenters. The van der Waals surface area contributed by atoms with E-state index < -0.39 is 0 Å². The molecule has 1 fully saturated rings. The Morgan fingerprint density at radius 3 is 3.00 bits per heavy atom.